The van der Waals surface area contributed by atoms with E-state index in [1.165, 1.54) is 16.7 Å². The molecule has 0 saturated carbocycles. The van der Waals surface area contributed by atoms with E-state index in [2.05, 4.69) is 38.1 Å². The maximum absolute atomic E-state index is 4.31. The van der Waals surface area contributed by atoms with Crippen molar-refractivity contribution in [2.75, 3.05) is 5.32 Å². The summed E-state index contributed by atoms with van der Waals surface area (Å²) in [7, 11) is 0. The first-order valence-corrected chi connectivity index (χ1v) is 6.22. The van der Waals surface area contributed by atoms with E-state index in [0.29, 0.717) is 0 Å². The molecule has 3 nitrogen and oxygen atoms in total. The van der Waals surface area contributed by atoms with Crippen LogP contribution in [0.15, 0.2) is 35.2 Å². The normalized spacial score (nSPS) is 10.3. The molecule has 2 aromatic heterocycles. The molecule has 0 aliphatic rings. The van der Waals surface area contributed by atoms with Gasteiger partial charge in [-0.2, -0.15) is 0 Å². The van der Waals surface area contributed by atoms with Gasteiger partial charge in [0, 0.05) is 25.1 Å². The molecule has 0 aliphatic heterocycles. The zero-order valence-corrected chi connectivity index (χ0v) is 11.5. The van der Waals surface area contributed by atoms with Crippen LogP contribution >= 0.6 is 15.9 Å². The lowest BCUT2D eigenvalue weighted by Gasteiger charge is -2.10. The Morgan fingerprint density at radius 1 is 1.18 bits per heavy atom. The number of hydrogen-bond donors (Lipinski definition) is 1. The van der Waals surface area contributed by atoms with Crippen LogP contribution in [0.1, 0.15) is 16.7 Å². The molecule has 0 radical (unpaired) electrons. The maximum atomic E-state index is 4.31. The predicted octanol–water partition coefficient (Wildman–Crippen LogP) is 3.47. The minimum Gasteiger partial charge on any atom is -0.365 e. The fourth-order valence-electron chi connectivity index (χ4n) is 1.52. The Kier molecular flexibility index (Phi) is 3.74. The molecule has 2 rings (SSSR count). The van der Waals surface area contributed by atoms with Crippen LogP contribution in [0.4, 0.5) is 5.82 Å². The number of pyridine rings is 2. The smallest absolute Gasteiger partial charge is 0.140 e. The van der Waals surface area contributed by atoms with Gasteiger partial charge in [0.15, 0.2) is 0 Å². The summed E-state index contributed by atoms with van der Waals surface area (Å²) in [6, 6.07) is 3.99. The fraction of sp³-hybridized carbons (Fsp3) is 0.231. The van der Waals surface area contributed by atoms with Crippen LogP contribution in [0.25, 0.3) is 0 Å². The van der Waals surface area contributed by atoms with Crippen molar-refractivity contribution in [1.29, 1.82) is 0 Å². The number of anilines is 1. The highest BCUT2D eigenvalue weighted by Gasteiger charge is 2.04. The van der Waals surface area contributed by atoms with Crippen molar-refractivity contribution in [3.8, 4) is 0 Å². The van der Waals surface area contributed by atoms with Crippen LogP contribution in [0.3, 0.4) is 0 Å². The molecule has 17 heavy (non-hydrogen) atoms. The summed E-state index contributed by atoms with van der Waals surface area (Å²) in [6.45, 7) is 4.86. The van der Waals surface area contributed by atoms with E-state index >= 15 is 0 Å². The molecule has 0 saturated heterocycles. The third kappa shape index (κ3) is 2.82. The minimum atomic E-state index is 0.731. The highest BCUT2D eigenvalue weighted by Crippen LogP contribution is 2.23. The van der Waals surface area contributed by atoms with Gasteiger partial charge in [-0.3, -0.25) is 4.98 Å². The SMILES string of the molecule is Cc1ccncc1CNc1nccc(C)c1Br. The number of aromatic nitrogens is 2. The van der Waals surface area contributed by atoms with Gasteiger partial charge in [0.2, 0.25) is 0 Å². The van der Waals surface area contributed by atoms with Crippen molar-refractivity contribution in [2.24, 2.45) is 0 Å². The van der Waals surface area contributed by atoms with E-state index in [-0.39, 0.29) is 0 Å². The van der Waals surface area contributed by atoms with Crippen molar-refractivity contribution in [1.82, 2.24) is 9.97 Å². The number of rotatable bonds is 3. The first kappa shape index (κ1) is 12.0. The van der Waals surface area contributed by atoms with Crippen molar-refractivity contribution in [3.63, 3.8) is 0 Å². The Hall–Kier alpha value is -1.42. The molecule has 0 bridgehead atoms. The Bertz CT molecular complexity index is 526. The Balaban J connectivity index is 2.13. The average Bonchev–Trinajstić information content (AvgIpc) is 2.33. The van der Waals surface area contributed by atoms with E-state index in [4.69, 9.17) is 0 Å². The average molecular weight is 292 g/mol. The van der Waals surface area contributed by atoms with Crippen LogP contribution < -0.4 is 5.32 Å². The molecule has 0 unspecified atom stereocenters. The van der Waals surface area contributed by atoms with E-state index < -0.39 is 0 Å². The second-order valence-electron chi connectivity index (χ2n) is 3.95. The Morgan fingerprint density at radius 2 is 1.94 bits per heavy atom. The van der Waals surface area contributed by atoms with Crippen LogP contribution in [-0.2, 0) is 6.54 Å². The third-order valence-electron chi connectivity index (χ3n) is 2.68. The molecule has 2 aromatic rings. The molecule has 1 N–H and O–H groups in total. The zero-order chi connectivity index (χ0) is 12.3. The molecule has 0 spiro atoms. The van der Waals surface area contributed by atoms with Gasteiger partial charge in [-0.15, -0.1) is 0 Å². The van der Waals surface area contributed by atoms with Crippen LogP contribution in [-0.4, -0.2) is 9.97 Å². The second kappa shape index (κ2) is 5.27. The van der Waals surface area contributed by atoms with Crippen molar-refractivity contribution in [2.45, 2.75) is 20.4 Å². The van der Waals surface area contributed by atoms with Crippen molar-refractivity contribution >= 4 is 21.7 Å². The van der Waals surface area contributed by atoms with Crippen LogP contribution in [0, 0.1) is 13.8 Å². The largest absolute Gasteiger partial charge is 0.365 e. The lowest BCUT2D eigenvalue weighted by Crippen LogP contribution is -2.04. The quantitative estimate of drug-likeness (QED) is 0.941. The van der Waals surface area contributed by atoms with Gasteiger partial charge in [0.1, 0.15) is 5.82 Å². The van der Waals surface area contributed by atoms with Gasteiger partial charge >= 0.3 is 0 Å². The Labute approximate surface area is 109 Å². The summed E-state index contributed by atoms with van der Waals surface area (Å²) in [4.78, 5) is 8.43. The molecule has 0 aliphatic carbocycles. The number of nitrogens with one attached hydrogen (secondary N) is 1. The summed E-state index contributed by atoms with van der Waals surface area (Å²) in [5, 5.41) is 3.31. The fourth-order valence-corrected chi connectivity index (χ4v) is 1.90. The summed E-state index contributed by atoms with van der Waals surface area (Å²) < 4.78 is 1.02. The molecule has 2 heterocycles. The van der Waals surface area contributed by atoms with Crippen molar-refractivity contribution < 1.29 is 0 Å². The standard InChI is InChI=1S/C13H14BrN3/c1-9-3-5-15-7-11(9)8-17-13-12(14)10(2)4-6-16-13/h3-7H,8H2,1-2H3,(H,16,17). The van der Waals surface area contributed by atoms with E-state index in [1.807, 2.05) is 25.3 Å². The van der Waals surface area contributed by atoms with Gasteiger partial charge in [-0.05, 0) is 58.6 Å². The third-order valence-corrected chi connectivity index (χ3v) is 3.68. The highest BCUT2D eigenvalue weighted by atomic mass is 79.9. The number of nitrogens with zero attached hydrogens (tertiary/aromatic N) is 2. The van der Waals surface area contributed by atoms with Gasteiger partial charge in [-0.1, -0.05) is 0 Å². The van der Waals surface area contributed by atoms with E-state index in [0.717, 1.165) is 16.8 Å². The molecule has 0 fully saturated rings. The molecule has 0 amide bonds. The summed E-state index contributed by atoms with van der Waals surface area (Å²) in [5.41, 5.74) is 3.59. The van der Waals surface area contributed by atoms with E-state index in [9.17, 15) is 0 Å². The van der Waals surface area contributed by atoms with Gasteiger partial charge in [0.05, 0.1) is 4.47 Å². The predicted molar refractivity (Wildman–Crippen MR) is 73.0 cm³/mol. The maximum Gasteiger partial charge on any atom is 0.140 e. The summed E-state index contributed by atoms with van der Waals surface area (Å²) >= 11 is 3.53. The summed E-state index contributed by atoms with van der Waals surface area (Å²) in [6.07, 6.45) is 5.49. The second-order valence-corrected chi connectivity index (χ2v) is 4.74. The molecular formula is C13H14BrN3. The van der Waals surface area contributed by atoms with E-state index in [1.54, 1.807) is 12.4 Å². The van der Waals surface area contributed by atoms with Crippen LogP contribution in [0.2, 0.25) is 0 Å². The first-order chi connectivity index (χ1) is 8.18. The number of hydrogen-bond acceptors (Lipinski definition) is 3. The monoisotopic (exact) mass is 291 g/mol. The molecule has 88 valence electrons. The number of aryl methyl sites for hydroxylation is 2. The summed E-state index contributed by atoms with van der Waals surface area (Å²) in [5.74, 6) is 0.869. The first-order valence-electron chi connectivity index (χ1n) is 5.43. The lowest BCUT2D eigenvalue weighted by molar-refractivity contribution is 1.05. The Morgan fingerprint density at radius 3 is 2.71 bits per heavy atom. The molecule has 0 aromatic carbocycles. The molecule has 0 atom stereocenters. The van der Waals surface area contributed by atoms with Crippen LogP contribution in [0.5, 0.6) is 0 Å². The highest BCUT2D eigenvalue weighted by molar-refractivity contribution is 9.10. The van der Waals surface area contributed by atoms with Gasteiger partial charge in [0.25, 0.3) is 0 Å². The van der Waals surface area contributed by atoms with Gasteiger partial charge < -0.3 is 5.32 Å². The molecule has 4 heteroatoms. The molecular weight excluding hydrogens is 278 g/mol. The van der Waals surface area contributed by atoms with Gasteiger partial charge in [-0.25, -0.2) is 4.98 Å². The lowest BCUT2D eigenvalue weighted by atomic mass is 10.1. The zero-order valence-electron chi connectivity index (χ0n) is 9.87. The minimum absolute atomic E-state index is 0.731. The topological polar surface area (TPSA) is 37.8 Å². The van der Waals surface area contributed by atoms with Crippen molar-refractivity contribution in [3.05, 3.63) is 51.9 Å². The number of halogens is 1.